The number of hydrogen-bond acceptors (Lipinski definition) is 3. The number of nitrogens with one attached hydrogen (secondary N) is 1. The van der Waals surface area contributed by atoms with E-state index in [1.807, 2.05) is 7.05 Å². The maximum Gasteiger partial charge on any atom is 0.335 e. The molecule has 0 saturated heterocycles. The van der Waals surface area contributed by atoms with Gasteiger partial charge in [-0.15, -0.1) is 0 Å². The van der Waals surface area contributed by atoms with Crippen LogP contribution in [0.4, 0.5) is 4.39 Å². The number of carboxylic acid groups (broad SMARTS) is 1. The fourth-order valence-corrected chi connectivity index (χ4v) is 2.92. The smallest absolute Gasteiger partial charge is 0.335 e. The van der Waals surface area contributed by atoms with Crippen molar-refractivity contribution < 1.29 is 19.1 Å². The number of aromatic nitrogens is 2. The van der Waals surface area contributed by atoms with Crippen molar-refractivity contribution in [1.82, 2.24) is 15.1 Å². The van der Waals surface area contributed by atoms with Gasteiger partial charge in [0, 0.05) is 18.3 Å². The van der Waals surface area contributed by atoms with Crippen molar-refractivity contribution in [2.45, 2.75) is 25.3 Å². The molecule has 2 aromatic rings. The Balaban J connectivity index is 1.82. The number of amides is 1. The van der Waals surface area contributed by atoms with E-state index in [1.165, 1.54) is 12.1 Å². The maximum absolute atomic E-state index is 14.0. The summed E-state index contributed by atoms with van der Waals surface area (Å²) in [6, 6.07) is 3.06. The Labute approximate surface area is 131 Å². The predicted molar refractivity (Wildman–Crippen MR) is 79.7 cm³/mol. The van der Waals surface area contributed by atoms with Crippen molar-refractivity contribution in [1.29, 1.82) is 0 Å². The van der Waals surface area contributed by atoms with E-state index in [1.54, 1.807) is 10.9 Å². The lowest BCUT2D eigenvalue weighted by molar-refractivity contribution is 0.0695. The molecule has 1 atom stereocenters. The number of carboxylic acids is 1. The number of halogens is 1. The average molecular weight is 317 g/mol. The van der Waals surface area contributed by atoms with Crippen LogP contribution in [0.5, 0.6) is 0 Å². The van der Waals surface area contributed by atoms with Crippen molar-refractivity contribution in [3.63, 3.8) is 0 Å². The van der Waals surface area contributed by atoms with Gasteiger partial charge in [-0.05, 0) is 37.5 Å². The molecule has 1 heterocycles. The van der Waals surface area contributed by atoms with E-state index in [-0.39, 0.29) is 17.2 Å². The first-order valence-corrected chi connectivity index (χ1v) is 7.32. The third-order valence-electron chi connectivity index (χ3n) is 4.14. The molecule has 3 rings (SSSR count). The number of rotatable bonds is 3. The van der Waals surface area contributed by atoms with E-state index in [2.05, 4.69) is 10.4 Å². The largest absolute Gasteiger partial charge is 0.478 e. The summed E-state index contributed by atoms with van der Waals surface area (Å²) in [7, 11) is 1.85. The van der Waals surface area contributed by atoms with Gasteiger partial charge in [0.15, 0.2) is 0 Å². The van der Waals surface area contributed by atoms with E-state index in [0.29, 0.717) is 0 Å². The number of nitrogens with zero attached hydrogens (tertiary/aromatic N) is 2. The lowest BCUT2D eigenvalue weighted by Crippen LogP contribution is -2.31. The van der Waals surface area contributed by atoms with Crippen LogP contribution in [0.3, 0.4) is 0 Å². The van der Waals surface area contributed by atoms with Crippen LogP contribution in [0.2, 0.25) is 0 Å². The minimum absolute atomic E-state index is 0.161. The number of carbonyl (C=O) groups excluding carboxylic acids is 1. The Morgan fingerprint density at radius 1 is 1.43 bits per heavy atom. The van der Waals surface area contributed by atoms with Gasteiger partial charge in [-0.2, -0.15) is 5.10 Å². The van der Waals surface area contributed by atoms with E-state index in [0.717, 1.165) is 36.6 Å². The summed E-state index contributed by atoms with van der Waals surface area (Å²) in [6.07, 6.45) is 4.31. The topological polar surface area (TPSA) is 84.2 Å². The molecule has 1 aromatic carbocycles. The van der Waals surface area contributed by atoms with Crippen LogP contribution in [0.25, 0.3) is 0 Å². The molecule has 1 aliphatic rings. The lowest BCUT2D eigenvalue weighted by Gasteiger charge is -2.24. The highest BCUT2D eigenvalue weighted by Crippen LogP contribution is 2.29. The lowest BCUT2D eigenvalue weighted by atomic mass is 9.92. The average Bonchev–Trinajstić information content (AvgIpc) is 2.89. The highest BCUT2D eigenvalue weighted by Gasteiger charge is 2.26. The van der Waals surface area contributed by atoms with Crippen LogP contribution in [0, 0.1) is 5.82 Å². The second-order valence-electron chi connectivity index (χ2n) is 5.59. The Morgan fingerprint density at radius 3 is 2.91 bits per heavy atom. The SMILES string of the molecule is Cn1ncc2c1CCCC2NC(=O)c1ccc(C(=O)O)cc1F. The summed E-state index contributed by atoms with van der Waals surface area (Å²) < 4.78 is 15.8. The van der Waals surface area contributed by atoms with Crippen LogP contribution in [0.15, 0.2) is 24.4 Å². The second kappa shape index (κ2) is 5.83. The summed E-state index contributed by atoms with van der Waals surface area (Å²) in [5.41, 5.74) is 1.68. The first-order valence-electron chi connectivity index (χ1n) is 7.32. The van der Waals surface area contributed by atoms with Gasteiger partial charge in [-0.25, -0.2) is 9.18 Å². The third-order valence-corrected chi connectivity index (χ3v) is 4.14. The van der Waals surface area contributed by atoms with Crippen LogP contribution >= 0.6 is 0 Å². The van der Waals surface area contributed by atoms with Gasteiger partial charge >= 0.3 is 5.97 Å². The Morgan fingerprint density at radius 2 is 2.22 bits per heavy atom. The van der Waals surface area contributed by atoms with Crippen LogP contribution in [-0.4, -0.2) is 26.8 Å². The molecule has 120 valence electrons. The van der Waals surface area contributed by atoms with Crippen LogP contribution < -0.4 is 5.32 Å². The predicted octanol–water partition coefficient (Wildman–Crippen LogP) is 2.06. The number of aromatic carboxylic acids is 1. The van der Waals surface area contributed by atoms with E-state index in [4.69, 9.17) is 5.11 Å². The minimum Gasteiger partial charge on any atom is -0.478 e. The Hall–Kier alpha value is -2.70. The van der Waals surface area contributed by atoms with Crippen molar-refractivity contribution in [2.24, 2.45) is 7.05 Å². The Bertz CT molecular complexity index is 785. The summed E-state index contributed by atoms with van der Waals surface area (Å²) in [5, 5.41) is 15.9. The summed E-state index contributed by atoms with van der Waals surface area (Å²) in [4.78, 5) is 23.1. The van der Waals surface area contributed by atoms with E-state index in [9.17, 15) is 14.0 Å². The van der Waals surface area contributed by atoms with Gasteiger partial charge in [-0.1, -0.05) is 0 Å². The molecule has 0 spiro atoms. The molecule has 1 amide bonds. The van der Waals surface area contributed by atoms with Gasteiger partial charge in [0.1, 0.15) is 5.82 Å². The van der Waals surface area contributed by atoms with Crippen molar-refractivity contribution in [3.05, 3.63) is 52.6 Å². The molecule has 0 fully saturated rings. The molecule has 7 heteroatoms. The van der Waals surface area contributed by atoms with Gasteiger partial charge in [-0.3, -0.25) is 9.48 Å². The maximum atomic E-state index is 14.0. The molecule has 6 nitrogen and oxygen atoms in total. The summed E-state index contributed by atoms with van der Waals surface area (Å²) in [6.45, 7) is 0. The van der Waals surface area contributed by atoms with Gasteiger partial charge < -0.3 is 10.4 Å². The molecule has 23 heavy (non-hydrogen) atoms. The quantitative estimate of drug-likeness (QED) is 0.907. The van der Waals surface area contributed by atoms with Crippen molar-refractivity contribution in [2.75, 3.05) is 0 Å². The zero-order chi connectivity index (χ0) is 16.6. The standard InChI is InChI=1S/C16H16FN3O3/c1-20-14-4-2-3-13(11(14)8-18-20)19-15(21)10-6-5-9(16(22)23)7-12(10)17/h5-8,13H,2-4H2,1H3,(H,19,21)(H,22,23). The van der Waals surface area contributed by atoms with Crippen LogP contribution in [0.1, 0.15) is 50.9 Å². The molecule has 0 aliphatic heterocycles. The summed E-state index contributed by atoms with van der Waals surface area (Å²) >= 11 is 0. The fourth-order valence-electron chi connectivity index (χ4n) is 2.92. The van der Waals surface area contributed by atoms with Crippen molar-refractivity contribution in [3.8, 4) is 0 Å². The van der Waals surface area contributed by atoms with Gasteiger partial charge in [0.2, 0.25) is 0 Å². The zero-order valence-corrected chi connectivity index (χ0v) is 12.5. The molecular formula is C16H16FN3O3. The first-order chi connectivity index (χ1) is 11.0. The minimum atomic E-state index is -1.23. The van der Waals surface area contributed by atoms with Crippen molar-refractivity contribution >= 4 is 11.9 Å². The first kappa shape index (κ1) is 15.2. The molecule has 1 aromatic heterocycles. The number of carbonyl (C=O) groups is 2. The monoisotopic (exact) mass is 317 g/mol. The normalized spacial score (nSPS) is 16.7. The molecule has 1 unspecified atom stereocenters. The second-order valence-corrected chi connectivity index (χ2v) is 5.59. The summed E-state index contributed by atoms with van der Waals surface area (Å²) in [5.74, 6) is -2.63. The molecule has 0 saturated carbocycles. The highest BCUT2D eigenvalue weighted by atomic mass is 19.1. The number of aryl methyl sites for hydroxylation is 1. The molecule has 0 radical (unpaired) electrons. The fraction of sp³-hybridized carbons (Fsp3) is 0.312. The number of benzene rings is 1. The Kier molecular flexibility index (Phi) is 3.85. The van der Waals surface area contributed by atoms with E-state index >= 15 is 0 Å². The molecule has 0 bridgehead atoms. The number of hydrogen-bond donors (Lipinski definition) is 2. The van der Waals surface area contributed by atoms with E-state index < -0.39 is 17.7 Å². The number of fused-ring (bicyclic) bond motifs is 1. The highest BCUT2D eigenvalue weighted by molar-refractivity contribution is 5.96. The van der Waals surface area contributed by atoms with Gasteiger partial charge in [0.05, 0.1) is 23.4 Å². The third kappa shape index (κ3) is 2.81. The molecular weight excluding hydrogens is 301 g/mol. The molecule has 1 aliphatic carbocycles. The molecule has 2 N–H and O–H groups in total. The van der Waals surface area contributed by atoms with Crippen LogP contribution in [-0.2, 0) is 13.5 Å². The van der Waals surface area contributed by atoms with Gasteiger partial charge in [0.25, 0.3) is 5.91 Å². The zero-order valence-electron chi connectivity index (χ0n) is 12.5.